The minimum Gasteiger partial charge on any atom is -0.473 e. The van der Waals surface area contributed by atoms with Crippen LogP contribution in [-0.2, 0) is 9.59 Å². The van der Waals surface area contributed by atoms with E-state index in [1.807, 2.05) is 0 Å². The van der Waals surface area contributed by atoms with Crippen LogP contribution in [0.4, 0.5) is 0 Å². The second kappa shape index (κ2) is 9.94. The standard InChI is InChI=1S/C6H16N2.C2H2O4/c1-8(2)6-4-3-5-7;3-1(4)2(5)6/h3-7H2,1-2H3;(H,3,4)(H,5,6). The van der Waals surface area contributed by atoms with Crippen LogP contribution in [-0.4, -0.2) is 54.2 Å². The average Bonchev–Trinajstić information content (AvgIpc) is 2.05. The zero-order valence-electron chi connectivity index (χ0n) is 8.56. The summed E-state index contributed by atoms with van der Waals surface area (Å²) in [5, 5.41) is 14.8. The van der Waals surface area contributed by atoms with Crippen molar-refractivity contribution < 1.29 is 19.8 Å². The van der Waals surface area contributed by atoms with Crippen molar-refractivity contribution in [1.82, 2.24) is 4.90 Å². The number of carboxylic acids is 2. The SMILES string of the molecule is CN(C)CCCCN.O=C(O)C(=O)O. The number of carbonyl (C=O) groups is 2. The molecule has 84 valence electrons. The first-order valence-electron chi connectivity index (χ1n) is 4.22. The van der Waals surface area contributed by atoms with Crippen LogP contribution in [0.2, 0.25) is 0 Å². The molecule has 0 aromatic rings. The second-order valence-electron chi connectivity index (χ2n) is 2.91. The van der Waals surface area contributed by atoms with Gasteiger partial charge in [-0.3, -0.25) is 0 Å². The Balaban J connectivity index is 0. The number of aliphatic carboxylic acids is 2. The molecule has 0 aliphatic carbocycles. The van der Waals surface area contributed by atoms with E-state index in [0.717, 1.165) is 19.5 Å². The van der Waals surface area contributed by atoms with Crippen molar-refractivity contribution in [2.45, 2.75) is 12.8 Å². The molecule has 0 unspecified atom stereocenters. The number of rotatable bonds is 4. The highest BCUT2D eigenvalue weighted by molar-refractivity contribution is 6.27. The third kappa shape index (κ3) is 17.1. The molecule has 14 heavy (non-hydrogen) atoms. The number of unbranched alkanes of at least 4 members (excludes halogenated alkanes) is 1. The molecule has 0 spiro atoms. The van der Waals surface area contributed by atoms with Crippen LogP contribution in [0.1, 0.15) is 12.8 Å². The van der Waals surface area contributed by atoms with E-state index in [9.17, 15) is 0 Å². The molecule has 0 aromatic carbocycles. The Morgan fingerprint density at radius 3 is 1.79 bits per heavy atom. The second-order valence-corrected chi connectivity index (χ2v) is 2.91. The van der Waals surface area contributed by atoms with Gasteiger partial charge in [0.25, 0.3) is 0 Å². The predicted octanol–water partition coefficient (Wildman–Crippen LogP) is -0.557. The van der Waals surface area contributed by atoms with Crippen LogP contribution in [0.15, 0.2) is 0 Å². The number of nitrogens with two attached hydrogens (primary N) is 1. The molecular formula is C8H18N2O4. The minimum atomic E-state index is -1.82. The smallest absolute Gasteiger partial charge is 0.414 e. The van der Waals surface area contributed by atoms with E-state index in [4.69, 9.17) is 25.5 Å². The number of hydrogen-bond donors (Lipinski definition) is 3. The Morgan fingerprint density at radius 1 is 1.14 bits per heavy atom. The number of nitrogens with zero attached hydrogens (tertiary/aromatic N) is 1. The van der Waals surface area contributed by atoms with Gasteiger partial charge >= 0.3 is 11.9 Å². The van der Waals surface area contributed by atoms with Crippen molar-refractivity contribution in [1.29, 1.82) is 0 Å². The molecule has 0 bridgehead atoms. The fourth-order valence-electron chi connectivity index (χ4n) is 0.572. The normalized spacial score (nSPS) is 9.14. The number of hydrogen-bond acceptors (Lipinski definition) is 4. The lowest BCUT2D eigenvalue weighted by atomic mass is 10.3. The van der Waals surface area contributed by atoms with E-state index in [0.29, 0.717) is 0 Å². The molecule has 4 N–H and O–H groups in total. The highest BCUT2D eigenvalue weighted by Crippen LogP contribution is 1.86. The molecule has 0 rings (SSSR count). The van der Waals surface area contributed by atoms with Gasteiger partial charge in [0, 0.05) is 0 Å². The summed E-state index contributed by atoms with van der Waals surface area (Å²) in [6, 6.07) is 0. The molecule has 0 aromatic heterocycles. The van der Waals surface area contributed by atoms with Crippen molar-refractivity contribution in [3.8, 4) is 0 Å². The molecule has 0 aliphatic heterocycles. The van der Waals surface area contributed by atoms with E-state index in [2.05, 4.69) is 19.0 Å². The third-order valence-corrected chi connectivity index (χ3v) is 1.24. The third-order valence-electron chi connectivity index (χ3n) is 1.24. The summed E-state index contributed by atoms with van der Waals surface area (Å²) in [5.41, 5.74) is 5.30. The molecule has 0 atom stereocenters. The van der Waals surface area contributed by atoms with E-state index in [1.54, 1.807) is 0 Å². The van der Waals surface area contributed by atoms with Gasteiger partial charge in [0.2, 0.25) is 0 Å². The Labute approximate surface area is 83.3 Å². The Morgan fingerprint density at radius 2 is 1.57 bits per heavy atom. The quantitative estimate of drug-likeness (QED) is 0.421. The highest BCUT2D eigenvalue weighted by atomic mass is 16.4. The molecule has 0 aliphatic rings. The van der Waals surface area contributed by atoms with E-state index >= 15 is 0 Å². The van der Waals surface area contributed by atoms with Gasteiger partial charge in [-0.1, -0.05) is 0 Å². The molecule has 6 heteroatoms. The summed E-state index contributed by atoms with van der Waals surface area (Å²) in [4.78, 5) is 20.4. The van der Waals surface area contributed by atoms with Crippen LogP contribution in [0.3, 0.4) is 0 Å². The van der Waals surface area contributed by atoms with Crippen LogP contribution < -0.4 is 5.73 Å². The Kier molecular flexibility index (Phi) is 10.9. The summed E-state index contributed by atoms with van der Waals surface area (Å²) in [6.07, 6.45) is 2.38. The molecule has 0 fully saturated rings. The first-order valence-corrected chi connectivity index (χ1v) is 4.22. The van der Waals surface area contributed by atoms with Crippen molar-refractivity contribution in [3.63, 3.8) is 0 Å². The topological polar surface area (TPSA) is 104 Å². The molecule has 0 saturated carbocycles. The van der Waals surface area contributed by atoms with Crippen molar-refractivity contribution in [2.75, 3.05) is 27.2 Å². The fraction of sp³-hybridized carbons (Fsp3) is 0.750. The first kappa shape index (κ1) is 15.3. The fourth-order valence-corrected chi connectivity index (χ4v) is 0.572. The maximum Gasteiger partial charge on any atom is 0.414 e. The average molecular weight is 206 g/mol. The van der Waals surface area contributed by atoms with Gasteiger partial charge in [-0.2, -0.15) is 0 Å². The highest BCUT2D eigenvalue weighted by Gasteiger charge is 2.04. The van der Waals surface area contributed by atoms with Gasteiger partial charge in [0.05, 0.1) is 0 Å². The Bertz CT molecular complexity index is 159. The lowest BCUT2D eigenvalue weighted by molar-refractivity contribution is -0.159. The van der Waals surface area contributed by atoms with Gasteiger partial charge in [0.1, 0.15) is 0 Å². The molecule has 6 nitrogen and oxygen atoms in total. The van der Waals surface area contributed by atoms with Crippen LogP contribution in [0.25, 0.3) is 0 Å². The van der Waals surface area contributed by atoms with Gasteiger partial charge < -0.3 is 20.8 Å². The van der Waals surface area contributed by atoms with Gasteiger partial charge in [0.15, 0.2) is 0 Å². The molecule has 0 heterocycles. The summed E-state index contributed by atoms with van der Waals surface area (Å²) >= 11 is 0. The molecule has 0 amide bonds. The van der Waals surface area contributed by atoms with E-state index < -0.39 is 11.9 Å². The lowest BCUT2D eigenvalue weighted by Gasteiger charge is -2.06. The van der Waals surface area contributed by atoms with Crippen LogP contribution >= 0.6 is 0 Å². The number of carboxylic acid groups (broad SMARTS) is 2. The summed E-state index contributed by atoms with van der Waals surface area (Å²) in [6.45, 7) is 1.99. The van der Waals surface area contributed by atoms with Crippen LogP contribution in [0.5, 0.6) is 0 Å². The zero-order valence-corrected chi connectivity index (χ0v) is 8.56. The van der Waals surface area contributed by atoms with E-state index in [1.165, 1.54) is 6.42 Å². The summed E-state index contributed by atoms with van der Waals surface area (Å²) < 4.78 is 0. The maximum atomic E-state index is 9.10. The van der Waals surface area contributed by atoms with Crippen LogP contribution in [0, 0.1) is 0 Å². The predicted molar refractivity (Wildman–Crippen MR) is 52.1 cm³/mol. The van der Waals surface area contributed by atoms with Crippen molar-refractivity contribution in [3.05, 3.63) is 0 Å². The molecule has 0 saturated heterocycles. The monoisotopic (exact) mass is 206 g/mol. The first-order chi connectivity index (χ1) is 6.41. The van der Waals surface area contributed by atoms with Crippen molar-refractivity contribution >= 4 is 11.9 Å². The van der Waals surface area contributed by atoms with Gasteiger partial charge in [-0.05, 0) is 40.0 Å². The largest absolute Gasteiger partial charge is 0.473 e. The lowest BCUT2D eigenvalue weighted by Crippen LogP contribution is -2.14. The maximum absolute atomic E-state index is 9.10. The van der Waals surface area contributed by atoms with Crippen molar-refractivity contribution in [2.24, 2.45) is 5.73 Å². The summed E-state index contributed by atoms with van der Waals surface area (Å²) in [5.74, 6) is -3.65. The Hall–Kier alpha value is -1.14. The molecule has 0 radical (unpaired) electrons. The molecular weight excluding hydrogens is 188 g/mol. The summed E-state index contributed by atoms with van der Waals surface area (Å²) in [7, 11) is 4.16. The van der Waals surface area contributed by atoms with E-state index in [-0.39, 0.29) is 0 Å². The van der Waals surface area contributed by atoms with Gasteiger partial charge in [-0.25, -0.2) is 9.59 Å². The van der Waals surface area contributed by atoms with Gasteiger partial charge in [-0.15, -0.1) is 0 Å². The minimum absolute atomic E-state index is 0.827. The zero-order chi connectivity index (χ0) is 11.6.